The maximum absolute atomic E-state index is 12.9. The number of aryl methyl sites for hydroxylation is 1. The fourth-order valence-corrected chi connectivity index (χ4v) is 5.18. The summed E-state index contributed by atoms with van der Waals surface area (Å²) in [6, 6.07) is 9.79. The van der Waals surface area contributed by atoms with Crippen molar-refractivity contribution in [2.75, 3.05) is 11.1 Å². The van der Waals surface area contributed by atoms with E-state index in [2.05, 4.69) is 34.4 Å². The molecule has 0 bridgehead atoms. The Kier molecular flexibility index (Phi) is 8.91. The molecule has 7 N–H and O–H groups in total. The Morgan fingerprint density at radius 1 is 1.24 bits per heavy atom. The second kappa shape index (κ2) is 12.4. The molecule has 1 atom stereocenters. The molecule has 2 aromatic carbocycles. The number of benzene rings is 2. The first kappa shape index (κ1) is 29.5. The van der Waals surface area contributed by atoms with Gasteiger partial charge in [0.2, 0.25) is 0 Å². The molecule has 1 heterocycles. The lowest BCUT2D eigenvalue weighted by molar-refractivity contribution is -0.113. The normalized spacial score (nSPS) is 16.6. The van der Waals surface area contributed by atoms with Crippen LogP contribution in [-0.4, -0.2) is 35.1 Å². The van der Waals surface area contributed by atoms with Crippen LogP contribution in [0.2, 0.25) is 0 Å². The molecule has 1 fully saturated rings. The second-order valence-corrected chi connectivity index (χ2v) is 10.8. The monoisotopic (exact) mass is 551 g/mol. The van der Waals surface area contributed by atoms with Crippen LogP contribution in [0.25, 0.3) is 22.2 Å². The topological polar surface area (TPSA) is 146 Å². The molecule has 1 amide bonds. The van der Waals surface area contributed by atoms with Gasteiger partial charge in [0.15, 0.2) is 5.70 Å². The molecule has 0 aliphatic heterocycles. The number of anilines is 2. The quantitative estimate of drug-likeness (QED) is 0.180. The second-order valence-electron chi connectivity index (χ2n) is 10.8. The number of hydrogen-bond acceptors (Lipinski definition) is 6. The minimum absolute atomic E-state index is 0.0364. The van der Waals surface area contributed by atoms with Crippen molar-refractivity contribution < 1.29 is 4.79 Å². The molecule has 8 heteroatoms. The highest BCUT2D eigenvalue weighted by molar-refractivity contribution is 6.17. The maximum Gasteiger partial charge on any atom is 0.269 e. The zero-order chi connectivity index (χ0) is 29.8. The summed E-state index contributed by atoms with van der Waals surface area (Å²) in [5.74, 6) is -0.101. The predicted molar refractivity (Wildman–Crippen MR) is 173 cm³/mol. The van der Waals surface area contributed by atoms with Crippen molar-refractivity contribution >= 4 is 57.6 Å². The molecule has 1 unspecified atom stereocenters. The number of primary amides is 1. The molecule has 0 spiro atoms. The average molecular weight is 552 g/mol. The van der Waals surface area contributed by atoms with Crippen LogP contribution in [-0.2, 0) is 4.79 Å². The summed E-state index contributed by atoms with van der Waals surface area (Å²) in [6.07, 6.45) is 8.39. The maximum atomic E-state index is 12.9. The minimum atomic E-state index is -0.644. The van der Waals surface area contributed by atoms with E-state index in [9.17, 15) is 4.79 Å². The highest BCUT2D eigenvalue weighted by Gasteiger charge is 2.26. The number of nitrogens with one attached hydrogen (secondary N) is 3. The molecule has 1 aliphatic carbocycles. The number of carbonyl (C=O) groups excluding carboxylic acids is 1. The van der Waals surface area contributed by atoms with Crippen LogP contribution in [0.3, 0.4) is 0 Å². The fourth-order valence-electron chi connectivity index (χ4n) is 5.18. The first-order valence-corrected chi connectivity index (χ1v) is 14.2. The number of fused-ring (bicyclic) bond motifs is 1. The molecule has 0 radical (unpaired) electrons. The van der Waals surface area contributed by atoms with Gasteiger partial charge in [-0.15, -0.1) is 0 Å². The number of hydrogen-bond donors (Lipinski definition) is 5. The van der Waals surface area contributed by atoms with Gasteiger partial charge < -0.3 is 27.2 Å². The van der Waals surface area contributed by atoms with Crippen molar-refractivity contribution in [3.05, 3.63) is 69.4 Å². The number of carbonyl (C=O) groups is 1. The van der Waals surface area contributed by atoms with Crippen LogP contribution in [0, 0.1) is 18.3 Å². The number of allylic oxidation sites excluding steroid dienone is 1. The molecule has 0 saturated heterocycles. The molecule has 8 nitrogen and oxygen atoms in total. The van der Waals surface area contributed by atoms with Gasteiger partial charge in [0.25, 0.3) is 5.91 Å². The molecule has 41 heavy (non-hydrogen) atoms. The number of nitrogens with zero attached hydrogens (tertiary/aromatic N) is 2. The Morgan fingerprint density at radius 2 is 1.98 bits per heavy atom. The molecular formula is C33H41N7O. The Labute approximate surface area is 241 Å². The van der Waals surface area contributed by atoms with Gasteiger partial charge >= 0.3 is 0 Å². The van der Waals surface area contributed by atoms with Gasteiger partial charge in [-0.3, -0.25) is 9.79 Å². The van der Waals surface area contributed by atoms with Gasteiger partial charge in [0, 0.05) is 74.4 Å². The number of aromatic nitrogens is 1. The number of nitrogen functional groups attached to an aromatic ring is 1. The SMILES string of the molecule is CC=N/C(=C\C(C)Nc1cc(C)ccc1C(C)=N/C(C(N)=O)=c1/[nH]c2ccc(N)c(C=N)c2/c1=C(/C)CC)C1CC1. The van der Waals surface area contributed by atoms with E-state index in [4.69, 9.17) is 21.9 Å². The van der Waals surface area contributed by atoms with E-state index in [0.29, 0.717) is 28.2 Å². The predicted octanol–water partition coefficient (Wildman–Crippen LogP) is 4.92. The van der Waals surface area contributed by atoms with E-state index >= 15 is 0 Å². The van der Waals surface area contributed by atoms with Gasteiger partial charge in [-0.2, -0.15) is 0 Å². The van der Waals surface area contributed by atoms with E-state index in [1.165, 1.54) is 19.1 Å². The summed E-state index contributed by atoms with van der Waals surface area (Å²) in [5.41, 5.74) is 19.9. The smallest absolute Gasteiger partial charge is 0.269 e. The van der Waals surface area contributed by atoms with Crippen molar-refractivity contribution in [2.45, 2.75) is 66.8 Å². The molecule has 1 aromatic heterocycles. The van der Waals surface area contributed by atoms with Crippen molar-refractivity contribution in [3.8, 4) is 0 Å². The number of aromatic amines is 1. The van der Waals surface area contributed by atoms with Crippen LogP contribution >= 0.6 is 0 Å². The van der Waals surface area contributed by atoms with E-state index in [1.54, 1.807) is 6.07 Å². The molecule has 214 valence electrons. The number of rotatable bonds is 10. The van der Waals surface area contributed by atoms with Crippen molar-refractivity contribution in [3.63, 3.8) is 0 Å². The Morgan fingerprint density at radius 3 is 2.59 bits per heavy atom. The first-order valence-electron chi connectivity index (χ1n) is 14.2. The summed E-state index contributed by atoms with van der Waals surface area (Å²) in [4.78, 5) is 25.7. The van der Waals surface area contributed by atoms with Crippen LogP contribution in [0.15, 0.2) is 52.1 Å². The number of nitrogens with two attached hydrogens (primary N) is 2. The standard InChI is InChI=1S/C33H41N7O/c1-7-19(4)29-30-24(17-34)25(35)13-14-26(30)40-31(29)32(33(36)41)39-21(6)23-12-9-18(3)15-28(23)38-20(5)16-27(37-8-2)22-10-11-22/h8-9,12-17,20,22,34,38,40H,7,10-11,35H2,1-6H3,(H2,36,41)/b27-16-,29-19+,32-31+,34-17?,37-8?,39-21?. The average Bonchev–Trinajstić information content (AvgIpc) is 3.71. The van der Waals surface area contributed by atoms with Crippen molar-refractivity contribution in [1.29, 1.82) is 5.41 Å². The minimum Gasteiger partial charge on any atom is -0.398 e. The molecular weight excluding hydrogens is 510 g/mol. The summed E-state index contributed by atoms with van der Waals surface area (Å²) in [7, 11) is 0. The molecule has 1 aliphatic rings. The fraction of sp³-hybridized carbons (Fsp3) is 0.333. The third kappa shape index (κ3) is 6.32. The lowest BCUT2D eigenvalue weighted by Crippen LogP contribution is -2.32. The van der Waals surface area contributed by atoms with Gasteiger partial charge in [-0.25, -0.2) is 4.99 Å². The number of amides is 1. The van der Waals surface area contributed by atoms with Crippen LogP contribution in [0.5, 0.6) is 0 Å². The lowest BCUT2D eigenvalue weighted by Gasteiger charge is -2.17. The van der Waals surface area contributed by atoms with Gasteiger partial charge in [0.05, 0.1) is 5.35 Å². The zero-order valence-electron chi connectivity index (χ0n) is 24.9. The van der Waals surface area contributed by atoms with Crippen LogP contribution in [0.1, 0.15) is 70.6 Å². The van der Waals surface area contributed by atoms with E-state index in [0.717, 1.165) is 50.6 Å². The van der Waals surface area contributed by atoms with E-state index in [1.807, 2.05) is 59.0 Å². The van der Waals surface area contributed by atoms with Crippen LogP contribution in [0.4, 0.5) is 11.4 Å². The van der Waals surface area contributed by atoms with Crippen LogP contribution < -0.4 is 27.4 Å². The third-order valence-electron chi connectivity index (χ3n) is 7.53. The van der Waals surface area contributed by atoms with Gasteiger partial charge in [-0.1, -0.05) is 24.6 Å². The largest absolute Gasteiger partial charge is 0.398 e. The summed E-state index contributed by atoms with van der Waals surface area (Å²) >= 11 is 0. The zero-order valence-corrected chi connectivity index (χ0v) is 24.9. The van der Waals surface area contributed by atoms with Crippen molar-refractivity contribution in [2.24, 2.45) is 21.6 Å². The summed E-state index contributed by atoms with van der Waals surface area (Å²) in [5, 5.41) is 13.8. The van der Waals surface area contributed by atoms with Gasteiger partial charge in [-0.05, 0) is 83.7 Å². The molecule has 3 aromatic rings. The molecule has 4 rings (SSSR count). The van der Waals surface area contributed by atoms with E-state index in [-0.39, 0.29) is 11.7 Å². The van der Waals surface area contributed by atoms with Gasteiger partial charge in [0.1, 0.15) is 0 Å². The highest BCUT2D eigenvalue weighted by atomic mass is 16.1. The van der Waals surface area contributed by atoms with E-state index < -0.39 is 5.91 Å². The Bertz CT molecular complexity index is 1720. The first-order chi connectivity index (χ1) is 19.6. The third-order valence-corrected chi connectivity index (χ3v) is 7.53. The lowest BCUT2D eigenvalue weighted by atomic mass is 10.0. The Balaban J connectivity index is 1.91. The summed E-state index contributed by atoms with van der Waals surface area (Å²) < 4.78 is 0. The summed E-state index contributed by atoms with van der Waals surface area (Å²) in [6.45, 7) is 12.0. The number of H-pyrrole nitrogens is 1. The number of aliphatic imine (C=N–C) groups is 2. The molecule has 1 saturated carbocycles. The van der Waals surface area contributed by atoms with Crippen molar-refractivity contribution in [1.82, 2.24) is 4.98 Å². The Hall–Kier alpha value is -4.46. The highest BCUT2D eigenvalue weighted by Crippen LogP contribution is 2.37.